The molecule has 0 heterocycles. The third-order valence-corrected chi connectivity index (χ3v) is 2.24. The van der Waals surface area contributed by atoms with Gasteiger partial charge in [0.05, 0.1) is 0 Å². The number of nitrogens with two attached hydrogens (primary N) is 1. The minimum absolute atomic E-state index is 0. The van der Waals surface area contributed by atoms with Crippen LogP contribution in [0.4, 0.5) is 8.78 Å². The van der Waals surface area contributed by atoms with Gasteiger partial charge in [0.15, 0.2) is 0 Å². The standard InChI is InChI=1S/C11H15F2N.ClH/c1-2-3-7-10(14)11-8(12)5-4-6-9(11)13;/h4-6,10H,2-3,7,14H2,1H3;1H/t10-;/m0./s1. The smallest absolute Gasteiger partial charge is 0.130 e. The van der Waals surface area contributed by atoms with E-state index in [0.717, 1.165) is 12.8 Å². The normalized spacial score (nSPS) is 12.0. The summed E-state index contributed by atoms with van der Waals surface area (Å²) in [7, 11) is 0. The van der Waals surface area contributed by atoms with Crippen molar-refractivity contribution < 1.29 is 8.78 Å². The van der Waals surface area contributed by atoms with Crippen molar-refractivity contribution in [1.82, 2.24) is 0 Å². The first-order valence-electron chi connectivity index (χ1n) is 4.86. The van der Waals surface area contributed by atoms with E-state index >= 15 is 0 Å². The maximum Gasteiger partial charge on any atom is 0.130 e. The molecule has 0 spiro atoms. The first kappa shape index (κ1) is 14.3. The highest BCUT2D eigenvalue weighted by molar-refractivity contribution is 5.85. The fourth-order valence-corrected chi connectivity index (χ4v) is 1.43. The van der Waals surface area contributed by atoms with Crippen LogP contribution in [0.25, 0.3) is 0 Å². The Morgan fingerprint density at radius 1 is 1.27 bits per heavy atom. The molecule has 0 aliphatic rings. The van der Waals surface area contributed by atoms with E-state index < -0.39 is 17.7 Å². The van der Waals surface area contributed by atoms with E-state index in [4.69, 9.17) is 5.73 Å². The van der Waals surface area contributed by atoms with Gasteiger partial charge in [-0.05, 0) is 18.6 Å². The third kappa shape index (κ3) is 3.76. The average Bonchev–Trinajstić information content (AvgIpc) is 2.14. The molecule has 1 aromatic carbocycles. The molecule has 4 heteroatoms. The maximum atomic E-state index is 13.2. The van der Waals surface area contributed by atoms with Gasteiger partial charge >= 0.3 is 0 Å². The first-order chi connectivity index (χ1) is 6.66. The van der Waals surface area contributed by atoms with Gasteiger partial charge in [-0.15, -0.1) is 12.4 Å². The molecule has 0 amide bonds. The van der Waals surface area contributed by atoms with E-state index in [1.165, 1.54) is 18.2 Å². The van der Waals surface area contributed by atoms with E-state index in [-0.39, 0.29) is 18.0 Å². The summed E-state index contributed by atoms with van der Waals surface area (Å²) in [4.78, 5) is 0. The van der Waals surface area contributed by atoms with E-state index in [0.29, 0.717) is 6.42 Å². The molecule has 0 fully saturated rings. The molecule has 1 rings (SSSR count). The minimum atomic E-state index is -0.548. The van der Waals surface area contributed by atoms with Crippen molar-refractivity contribution in [3.8, 4) is 0 Å². The summed E-state index contributed by atoms with van der Waals surface area (Å²) in [5.74, 6) is -1.10. The Morgan fingerprint density at radius 3 is 2.27 bits per heavy atom. The predicted molar refractivity (Wildman–Crippen MR) is 60.1 cm³/mol. The van der Waals surface area contributed by atoms with Crippen molar-refractivity contribution in [2.45, 2.75) is 32.2 Å². The molecule has 0 saturated carbocycles. The lowest BCUT2D eigenvalue weighted by Gasteiger charge is -2.12. The highest BCUT2D eigenvalue weighted by atomic mass is 35.5. The number of halogens is 3. The van der Waals surface area contributed by atoms with E-state index in [1.807, 2.05) is 6.92 Å². The van der Waals surface area contributed by atoms with Gasteiger partial charge < -0.3 is 5.73 Å². The van der Waals surface area contributed by atoms with Crippen LogP contribution >= 0.6 is 12.4 Å². The summed E-state index contributed by atoms with van der Waals surface area (Å²) >= 11 is 0. The zero-order chi connectivity index (χ0) is 10.6. The number of benzene rings is 1. The van der Waals surface area contributed by atoms with Gasteiger partial charge in [-0.25, -0.2) is 8.78 Å². The van der Waals surface area contributed by atoms with E-state index in [1.54, 1.807) is 0 Å². The molecular weight excluding hydrogens is 220 g/mol. The van der Waals surface area contributed by atoms with Crippen LogP contribution in [0.15, 0.2) is 18.2 Å². The lowest BCUT2D eigenvalue weighted by molar-refractivity contribution is 0.502. The Morgan fingerprint density at radius 2 is 1.80 bits per heavy atom. The average molecular weight is 236 g/mol. The van der Waals surface area contributed by atoms with Crippen LogP contribution < -0.4 is 5.73 Å². The van der Waals surface area contributed by atoms with Crippen LogP contribution in [0.1, 0.15) is 37.8 Å². The van der Waals surface area contributed by atoms with Gasteiger partial charge in [-0.1, -0.05) is 25.8 Å². The summed E-state index contributed by atoms with van der Waals surface area (Å²) in [6.07, 6.45) is 2.48. The van der Waals surface area contributed by atoms with E-state index in [2.05, 4.69) is 0 Å². The molecule has 2 N–H and O–H groups in total. The van der Waals surface area contributed by atoms with Crippen LogP contribution in [0, 0.1) is 11.6 Å². The summed E-state index contributed by atoms with van der Waals surface area (Å²) in [5, 5.41) is 0. The molecule has 1 atom stereocenters. The van der Waals surface area contributed by atoms with Crippen molar-refractivity contribution in [1.29, 1.82) is 0 Å². The molecule has 0 radical (unpaired) electrons. The third-order valence-electron chi connectivity index (χ3n) is 2.24. The molecule has 1 aromatic rings. The molecule has 15 heavy (non-hydrogen) atoms. The summed E-state index contributed by atoms with van der Waals surface area (Å²) in [6, 6.07) is 3.30. The van der Waals surface area contributed by atoms with Crippen LogP contribution in [0.5, 0.6) is 0 Å². The SMILES string of the molecule is CCCC[C@H](N)c1c(F)cccc1F.Cl. The molecule has 0 aliphatic carbocycles. The topological polar surface area (TPSA) is 26.0 Å². The zero-order valence-corrected chi connectivity index (χ0v) is 9.49. The van der Waals surface area contributed by atoms with Crippen molar-refractivity contribution in [2.75, 3.05) is 0 Å². The summed E-state index contributed by atoms with van der Waals surface area (Å²) in [6.45, 7) is 2.02. The van der Waals surface area contributed by atoms with Crippen molar-refractivity contribution in [3.05, 3.63) is 35.4 Å². The van der Waals surface area contributed by atoms with Crippen molar-refractivity contribution in [2.24, 2.45) is 5.73 Å². The Hall–Kier alpha value is -0.670. The van der Waals surface area contributed by atoms with Crippen LogP contribution in [0.2, 0.25) is 0 Å². The number of hydrogen-bond acceptors (Lipinski definition) is 1. The van der Waals surface area contributed by atoms with Crippen LogP contribution in [-0.4, -0.2) is 0 Å². The first-order valence-corrected chi connectivity index (χ1v) is 4.86. The van der Waals surface area contributed by atoms with Gasteiger partial charge in [0.25, 0.3) is 0 Å². The Kier molecular flexibility index (Phi) is 6.45. The quantitative estimate of drug-likeness (QED) is 0.848. The minimum Gasteiger partial charge on any atom is -0.324 e. The Balaban J connectivity index is 0.00000196. The van der Waals surface area contributed by atoms with Gasteiger partial charge in [-0.3, -0.25) is 0 Å². The number of unbranched alkanes of at least 4 members (excludes halogenated alkanes) is 1. The lowest BCUT2D eigenvalue weighted by Crippen LogP contribution is -2.14. The second-order valence-electron chi connectivity index (χ2n) is 3.38. The number of hydrogen-bond donors (Lipinski definition) is 1. The van der Waals surface area contributed by atoms with Gasteiger partial charge in [0.2, 0.25) is 0 Å². The Bertz CT molecular complexity index is 284. The monoisotopic (exact) mass is 235 g/mol. The zero-order valence-electron chi connectivity index (χ0n) is 8.67. The van der Waals surface area contributed by atoms with Gasteiger partial charge in [0.1, 0.15) is 11.6 Å². The molecule has 0 aromatic heterocycles. The molecule has 0 unspecified atom stereocenters. The molecule has 0 saturated heterocycles. The molecule has 0 aliphatic heterocycles. The molecular formula is C11H16ClF2N. The highest BCUT2D eigenvalue weighted by Gasteiger charge is 2.15. The fourth-order valence-electron chi connectivity index (χ4n) is 1.43. The largest absolute Gasteiger partial charge is 0.324 e. The number of rotatable bonds is 4. The lowest BCUT2D eigenvalue weighted by atomic mass is 10.0. The van der Waals surface area contributed by atoms with Crippen LogP contribution in [0.3, 0.4) is 0 Å². The van der Waals surface area contributed by atoms with E-state index in [9.17, 15) is 8.78 Å². The second kappa shape index (κ2) is 6.75. The summed E-state index contributed by atoms with van der Waals surface area (Å²) < 4.78 is 26.4. The van der Waals surface area contributed by atoms with Crippen LogP contribution in [-0.2, 0) is 0 Å². The predicted octanol–water partition coefficient (Wildman–Crippen LogP) is 3.58. The van der Waals surface area contributed by atoms with Gasteiger partial charge in [0, 0.05) is 11.6 Å². The molecule has 1 nitrogen and oxygen atoms in total. The summed E-state index contributed by atoms with van der Waals surface area (Å²) in [5.41, 5.74) is 5.72. The molecule has 0 bridgehead atoms. The molecule has 86 valence electrons. The second-order valence-corrected chi connectivity index (χ2v) is 3.38. The van der Waals surface area contributed by atoms with Gasteiger partial charge in [-0.2, -0.15) is 0 Å². The maximum absolute atomic E-state index is 13.2. The highest BCUT2D eigenvalue weighted by Crippen LogP contribution is 2.22. The van der Waals surface area contributed by atoms with Crippen molar-refractivity contribution >= 4 is 12.4 Å². The fraction of sp³-hybridized carbons (Fsp3) is 0.455. The van der Waals surface area contributed by atoms with Crippen molar-refractivity contribution in [3.63, 3.8) is 0 Å². The Labute approximate surface area is 95.1 Å².